The van der Waals surface area contributed by atoms with Crippen LogP contribution in [-0.2, 0) is 6.54 Å². The Morgan fingerprint density at radius 2 is 2.11 bits per heavy atom. The van der Waals surface area contributed by atoms with Crippen LogP contribution in [0.25, 0.3) is 11.3 Å². The molecule has 0 fully saturated rings. The summed E-state index contributed by atoms with van der Waals surface area (Å²) < 4.78 is 2.06. The van der Waals surface area contributed by atoms with E-state index >= 15 is 0 Å². The molecule has 0 bridgehead atoms. The number of aromatic nitrogens is 2. The van der Waals surface area contributed by atoms with E-state index in [0.717, 1.165) is 23.6 Å². The summed E-state index contributed by atoms with van der Waals surface area (Å²) in [6, 6.07) is 7.64. The zero-order valence-electron chi connectivity index (χ0n) is 10.9. The molecule has 0 aliphatic carbocycles. The maximum atomic E-state index is 6.19. The van der Waals surface area contributed by atoms with Crippen LogP contribution in [0.1, 0.15) is 32.5 Å². The van der Waals surface area contributed by atoms with Crippen molar-refractivity contribution in [3.05, 3.63) is 35.1 Å². The number of hydrogen-bond donors (Lipinski definition) is 1. The van der Waals surface area contributed by atoms with Crippen LogP contribution >= 0.6 is 11.6 Å². The predicted molar refractivity (Wildman–Crippen MR) is 76.8 cm³/mol. The van der Waals surface area contributed by atoms with Crippen molar-refractivity contribution in [1.82, 2.24) is 9.55 Å². The van der Waals surface area contributed by atoms with Crippen LogP contribution in [0.5, 0.6) is 0 Å². The smallest absolute Gasteiger partial charge is 0.131 e. The average molecular weight is 264 g/mol. The number of benzene rings is 1. The van der Waals surface area contributed by atoms with Crippen molar-refractivity contribution in [2.45, 2.75) is 33.2 Å². The van der Waals surface area contributed by atoms with Gasteiger partial charge in [0.1, 0.15) is 17.3 Å². The van der Waals surface area contributed by atoms with Crippen LogP contribution in [0, 0.1) is 0 Å². The van der Waals surface area contributed by atoms with Crippen molar-refractivity contribution < 1.29 is 0 Å². The zero-order valence-corrected chi connectivity index (χ0v) is 11.7. The number of rotatable bonds is 3. The second-order valence-corrected chi connectivity index (χ2v) is 5.05. The topological polar surface area (TPSA) is 43.8 Å². The summed E-state index contributed by atoms with van der Waals surface area (Å²) in [5.41, 5.74) is 7.98. The molecule has 2 N–H and O–H groups in total. The summed E-state index contributed by atoms with van der Waals surface area (Å²) >= 11 is 6.01. The number of nitrogen functional groups attached to an aromatic ring is 1. The SMILES string of the molecule is CCn1c(C(C)C)nc(-c2cccc(Cl)c2)c1N. The van der Waals surface area contributed by atoms with Gasteiger partial charge in [0.25, 0.3) is 0 Å². The Morgan fingerprint density at radius 3 is 2.61 bits per heavy atom. The molecular weight excluding hydrogens is 246 g/mol. The number of imidazole rings is 1. The summed E-state index contributed by atoms with van der Waals surface area (Å²) in [5.74, 6) is 2.08. The Bertz CT molecular complexity index is 558. The molecule has 0 atom stereocenters. The van der Waals surface area contributed by atoms with Crippen LogP contribution in [-0.4, -0.2) is 9.55 Å². The van der Waals surface area contributed by atoms with E-state index in [2.05, 4.69) is 30.3 Å². The van der Waals surface area contributed by atoms with E-state index in [1.807, 2.05) is 24.3 Å². The first-order chi connectivity index (χ1) is 8.54. The molecule has 4 heteroatoms. The number of halogens is 1. The van der Waals surface area contributed by atoms with Crippen LogP contribution in [0.2, 0.25) is 5.02 Å². The Balaban J connectivity index is 2.59. The lowest BCUT2D eigenvalue weighted by molar-refractivity contribution is 0.658. The molecule has 3 nitrogen and oxygen atoms in total. The van der Waals surface area contributed by atoms with Crippen molar-refractivity contribution in [2.75, 3.05) is 5.73 Å². The van der Waals surface area contributed by atoms with Crippen molar-refractivity contribution in [3.8, 4) is 11.3 Å². The third-order valence-electron chi connectivity index (χ3n) is 2.97. The molecule has 2 aromatic rings. The Kier molecular flexibility index (Phi) is 3.62. The number of nitrogens with zero attached hydrogens (tertiary/aromatic N) is 2. The van der Waals surface area contributed by atoms with Crippen molar-refractivity contribution in [2.24, 2.45) is 0 Å². The maximum Gasteiger partial charge on any atom is 0.131 e. The van der Waals surface area contributed by atoms with E-state index in [1.165, 1.54) is 0 Å². The second kappa shape index (κ2) is 5.02. The standard InChI is InChI=1S/C14H18ClN3/c1-4-18-13(16)12(17-14(18)9(2)3)10-6-5-7-11(15)8-10/h5-9H,4,16H2,1-3H3. The number of nitrogens with two attached hydrogens (primary N) is 1. The van der Waals surface area contributed by atoms with Gasteiger partial charge in [-0.05, 0) is 19.1 Å². The van der Waals surface area contributed by atoms with Gasteiger partial charge in [0.2, 0.25) is 0 Å². The van der Waals surface area contributed by atoms with E-state index in [1.54, 1.807) is 0 Å². The molecule has 96 valence electrons. The Hall–Kier alpha value is -1.48. The lowest BCUT2D eigenvalue weighted by Crippen LogP contribution is -2.06. The highest BCUT2D eigenvalue weighted by molar-refractivity contribution is 6.30. The number of hydrogen-bond acceptors (Lipinski definition) is 2. The van der Waals surface area contributed by atoms with Gasteiger partial charge in [-0.2, -0.15) is 0 Å². The van der Waals surface area contributed by atoms with Gasteiger partial charge in [0, 0.05) is 23.0 Å². The van der Waals surface area contributed by atoms with Crippen LogP contribution < -0.4 is 5.73 Å². The molecule has 1 aromatic carbocycles. The van der Waals surface area contributed by atoms with Crippen molar-refractivity contribution in [1.29, 1.82) is 0 Å². The highest BCUT2D eigenvalue weighted by Gasteiger charge is 2.17. The quantitative estimate of drug-likeness (QED) is 0.912. The second-order valence-electron chi connectivity index (χ2n) is 4.61. The van der Waals surface area contributed by atoms with E-state index < -0.39 is 0 Å². The maximum absolute atomic E-state index is 6.19. The summed E-state index contributed by atoms with van der Waals surface area (Å²) in [4.78, 5) is 4.67. The molecule has 0 amide bonds. The molecule has 0 saturated heterocycles. The first-order valence-corrected chi connectivity index (χ1v) is 6.54. The van der Waals surface area contributed by atoms with Gasteiger partial charge in [-0.3, -0.25) is 0 Å². The van der Waals surface area contributed by atoms with E-state index in [-0.39, 0.29) is 0 Å². The zero-order chi connectivity index (χ0) is 13.3. The molecule has 18 heavy (non-hydrogen) atoms. The molecule has 0 radical (unpaired) electrons. The molecule has 0 saturated carbocycles. The summed E-state index contributed by atoms with van der Waals surface area (Å²) in [5, 5.41) is 0.698. The normalized spacial score (nSPS) is 11.2. The molecule has 0 aliphatic rings. The third kappa shape index (κ3) is 2.23. The molecule has 1 aromatic heterocycles. The largest absolute Gasteiger partial charge is 0.383 e. The van der Waals surface area contributed by atoms with Crippen molar-refractivity contribution in [3.63, 3.8) is 0 Å². The van der Waals surface area contributed by atoms with E-state index in [9.17, 15) is 0 Å². The van der Waals surface area contributed by atoms with E-state index in [0.29, 0.717) is 16.8 Å². The van der Waals surface area contributed by atoms with Gasteiger partial charge in [-0.15, -0.1) is 0 Å². The lowest BCUT2D eigenvalue weighted by atomic mass is 10.1. The third-order valence-corrected chi connectivity index (χ3v) is 3.20. The molecule has 0 spiro atoms. The van der Waals surface area contributed by atoms with E-state index in [4.69, 9.17) is 17.3 Å². The van der Waals surface area contributed by atoms with Gasteiger partial charge >= 0.3 is 0 Å². The van der Waals surface area contributed by atoms with Gasteiger partial charge in [-0.25, -0.2) is 4.98 Å². The highest BCUT2D eigenvalue weighted by Crippen LogP contribution is 2.30. The summed E-state index contributed by atoms with van der Waals surface area (Å²) in [6.07, 6.45) is 0. The van der Waals surface area contributed by atoms with Crippen LogP contribution in [0.3, 0.4) is 0 Å². The van der Waals surface area contributed by atoms with Gasteiger partial charge < -0.3 is 10.3 Å². The highest BCUT2D eigenvalue weighted by atomic mass is 35.5. The minimum absolute atomic E-state index is 0.347. The average Bonchev–Trinajstić information content (AvgIpc) is 2.66. The fourth-order valence-corrected chi connectivity index (χ4v) is 2.30. The molecule has 0 aliphatic heterocycles. The van der Waals surface area contributed by atoms with Crippen LogP contribution in [0.4, 0.5) is 5.82 Å². The van der Waals surface area contributed by atoms with Gasteiger partial charge in [0.05, 0.1) is 0 Å². The molecule has 2 rings (SSSR count). The first-order valence-electron chi connectivity index (χ1n) is 6.16. The minimum Gasteiger partial charge on any atom is -0.383 e. The molecule has 1 heterocycles. The van der Waals surface area contributed by atoms with Crippen molar-refractivity contribution >= 4 is 17.4 Å². The fraction of sp³-hybridized carbons (Fsp3) is 0.357. The summed E-state index contributed by atoms with van der Waals surface area (Å²) in [7, 11) is 0. The van der Waals surface area contributed by atoms with Crippen LogP contribution in [0.15, 0.2) is 24.3 Å². The first kappa shape index (κ1) is 13.0. The lowest BCUT2D eigenvalue weighted by Gasteiger charge is -2.08. The Morgan fingerprint density at radius 1 is 1.39 bits per heavy atom. The molecular formula is C14H18ClN3. The monoisotopic (exact) mass is 263 g/mol. The van der Waals surface area contributed by atoms with Gasteiger partial charge in [-0.1, -0.05) is 37.6 Å². The minimum atomic E-state index is 0.347. The number of anilines is 1. The fourth-order valence-electron chi connectivity index (χ4n) is 2.10. The summed E-state index contributed by atoms with van der Waals surface area (Å²) in [6.45, 7) is 7.14. The Labute approximate surface area is 113 Å². The predicted octanol–water partition coefficient (Wildman–Crippen LogP) is 3.93. The van der Waals surface area contributed by atoms with Gasteiger partial charge in [0.15, 0.2) is 0 Å². The molecule has 0 unspecified atom stereocenters.